The maximum atomic E-state index is 12.1. The fourth-order valence-corrected chi connectivity index (χ4v) is 2.93. The Morgan fingerprint density at radius 1 is 1.44 bits per heavy atom. The zero-order chi connectivity index (χ0) is 17.5. The summed E-state index contributed by atoms with van der Waals surface area (Å²) in [5.41, 5.74) is 1.50. The van der Waals surface area contributed by atoms with E-state index in [1.165, 1.54) is 12.8 Å². The van der Waals surface area contributed by atoms with Crippen LogP contribution in [-0.4, -0.2) is 52.1 Å². The maximum absolute atomic E-state index is 12.1. The molecule has 25 heavy (non-hydrogen) atoms. The van der Waals surface area contributed by atoms with Gasteiger partial charge in [-0.25, -0.2) is 4.98 Å². The molecule has 0 spiro atoms. The molecule has 2 aromatic rings. The van der Waals surface area contributed by atoms with E-state index in [0.717, 1.165) is 31.0 Å². The van der Waals surface area contributed by atoms with Gasteiger partial charge in [-0.3, -0.25) is 9.48 Å². The minimum atomic E-state index is -0.202. The van der Waals surface area contributed by atoms with Gasteiger partial charge in [0.15, 0.2) is 5.69 Å². The van der Waals surface area contributed by atoms with Gasteiger partial charge in [-0.05, 0) is 56.5 Å². The van der Waals surface area contributed by atoms with Gasteiger partial charge in [0.1, 0.15) is 5.82 Å². The number of carbonyl (C=O) groups excluding carboxylic acids is 1. The lowest BCUT2D eigenvalue weighted by Gasteiger charge is -2.22. The Morgan fingerprint density at radius 3 is 3.16 bits per heavy atom. The number of hydrogen-bond acceptors (Lipinski definition) is 6. The smallest absolute Gasteiger partial charge is 0.273 e. The zero-order valence-corrected chi connectivity index (χ0v) is 14.5. The highest BCUT2D eigenvalue weighted by molar-refractivity contribution is 5.91. The van der Waals surface area contributed by atoms with E-state index in [0.29, 0.717) is 24.7 Å². The molecule has 0 unspecified atom stereocenters. The van der Waals surface area contributed by atoms with Gasteiger partial charge in [-0.15, -0.1) is 5.10 Å². The molecule has 8 heteroatoms. The molecule has 3 N–H and O–H groups in total. The van der Waals surface area contributed by atoms with Crippen LogP contribution in [0.1, 0.15) is 28.9 Å². The lowest BCUT2D eigenvalue weighted by Crippen LogP contribution is -2.32. The normalized spacial score (nSPS) is 17.2. The summed E-state index contributed by atoms with van der Waals surface area (Å²) >= 11 is 0. The number of nitrogens with zero attached hydrogens (tertiary/aromatic N) is 4. The molecule has 3 rings (SSSR count). The molecule has 1 atom stereocenters. The van der Waals surface area contributed by atoms with Crippen LogP contribution in [0.5, 0.6) is 0 Å². The summed E-state index contributed by atoms with van der Waals surface area (Å²) in [7, 11) is 0. The van der Waals surface area contributed by atoms with Crippen molar-refractivity contribution in [2.24, 2.45) is 5.92 Å². The molecule has 1 amide bonds. The number of anilines is 1. The molecule has 1 fully saturated rings. The number of aromatic nitrogens is 4. The number of carbonyl (C=O) groups is 1. The SMILES string of the molecule is Cc1ccnc(NCCNC(=O)c2cn(C[C@H]3CCCNC3)nn2)c1. The van der Waals surface area contributed by atoms with Crippen molar-refractivity contribution < 1.29 is 4.79 Å². The Morgan fingerprint density at radius 2 is 2.36 bits per heavy atom. The van der Waals surface area contributed by atoms with Gasteiger partial charge < -0.3 is 16.0 Å². The van der Waals surface area contributed by atoms with Crippen molar-refractivity contribution >= 4 is 11.7 Å². The largest absolute Gasteiger partial charge is 0.368 e. The Bertz CT molecular complexity index is 694. The van der Waals surface area contributed by atoms with Gasteiger partial charge in [0, 0.05) is 25.8 Å². The van der Waals surface area contributed by atoms with Crippen molar-refractivity contribution in [3.8, 4) is 0 Å². The van der Waals surface area contributed by atoms with Crippen LogP contribution in [0.15, 0.2) is 24.5 Å². The summed E-state index contributed by atoms with van der Waals surface area (Å²) in [4.78, 5) is 16.4. The van der Waals surface area contributed by atoms with Gasteiger partial charge in [-0.1, -0.05) is 5.21 Å². The second-order valence-corrected chi connectivity index (χ2v) is 6.44. The molecule has 0 radical (unpaired) electrons. The highest BCUT2D eigenvalue weighted by Gasteiger charge is 2.16. The van der Waals surface area contributed by atoms with E-state index >= 15 is 0 Å². The van der Waals surface area contributed by atoms with Crippen molar-refractivity contribution in [2.75, 3.05) is 31.5 Å². The molecule has 0 saturated carbocycles. The molecule has 3 heterocycles. The molecule has 0 bridgehead atoms. The highest BCUT2D eigenvalue weighted by atomic mass is 16.2. The predicted octanol–water partition coefficient (Wildman–Crippen LogP) is 0.823. The average Bonchev–Trinajstić information content (AvgIpc) is 3.08. The number of aryl methyl sites for hydroxylation is 1. The summed E-state index contributed by atoms with van der Waals surface area (Å²) in [5.74, 6) is 1.16. The second kappa shape index (κ2) is 8.57. The van der Waals surface area contributed by atoms with Crippen LogP contribution in [0.2, 0.25) is 0 Å². The Balaban J connectivity index is 1.40. The number of hydrogen-bond donors (Lipinski definition) is 3. The van der Waals surface area contributed by atoms with Gasteiger partial charge in [-0.2, -0.15) is 0 Å². The van der Waals surface area contributed by atoms with E-state index in [2.05, 4.69) is 31.2 Å². The van der Waals surface area contributed by atoms with Crippen molar-refractivity contribution in [1.29, 1.82) is 0 Å². The van der Waals surface area contributed by atoms with E-state index in [1.54, 1.807) is 17.1 Å². The van der Waals surface area contributed by atoms with Gasteiger partial charge in [0.2, 0.25) is 0 Å². The van der Waals surface area contributed by atoms with Crippen LogP contribution < -0.4 is 16.0 Å². The predicted molar refractivity (Wildman–Crippen MR) is 95.4 cm³/mol. The Labute approximate surface area is 147 Å². The number of amides is 1. The third-order valence-electron chi connectivity index (χ3n) is 4.25. The fourth-order valence-electron chi connectivity index (χ4n) is 2.93. The van der Waals surface area contributed by atoms with Crippen LogP contribution in [-0.2, 0) is 6.54 Å². The Hall–Kier alpha value is -2.48. The Kier molecular flexibility index (Phi) is 5.95. The molecule has 1 aliphatic rings. The zero-order valence-electron chi connectivity index (χ0n) is 14.5. The van der Waals surface area contributed by atoms with Crippen molar-refractivity contribution in [3.05, 3.63) is 35.8 Å². The van der Waals surface area contributed by atoms with Gasteiger partial charge in [0.05, 0.1) is 6.20 Å². The third kappa shape index (κ3) is 5.25. The standard InChI is InChI=1S/C17H25N7O/c1-13-4-6-19-16(9-13)20-7-8-21-17(25)15-12-24(23-22-15)11-14-3-2-5-18-10-14/h4,6,9,12,14,18H,2-3,5,7-8,10-11H2,1H3,(H,19,20)(H,21,25)/t14-/m0/s1. The number of piperidine rings is 1. The van der Waals surface area contributed by atoms with Crippen LogP contribution in [0.3, 0.4) is 0 Å². The molecule has 134 valence electrons. The minimum absolute atomic E-state index is 0.202. The molecular formula is C17H25N7O. The third-order valence-corrected chi connectivity index (χ3v) is 4.25. The first kappa shape index (κ1) is 17.3. The topological polar surface area (TPSA) is 96.8 Å². The molecule has 2 aromatic heterocycles. The average molecular weight is 343 g/mol. The number of nitrogens with one attached hydrogen (secondary N) is 3. The fraction of sp³-hybridized carbons (Fsp3) is 0.529. The summed E-state index contributed by atoms with van der Waals surface area (Å²) in [6.45, 7) is 6.00. The molecule has 0 aliphatic carbocycles. The molecule has 1 saturated heterocycles. The molecule has 8 nitrogen and oxygen atoms in total. The summed E-state index contributed by atoms with van der Waals surface area (Å²) in [6.07, 6.45) is 5.86. The van der Waals surface area contributed by atoms with E-state index in [-0.39, 0.29) is 5.91 Å². The van der Waals surface area contributed by atoms with E-state index in [4.69, 9.17) is 0 Å². The molecular weight excluding hydrogens is 318 g/mol. The lowest BCUT2D eigenvalue weighted by atomic mass is 10.00. The first-order valence-corrected chi connectivity index (χ1v) is 8.76. The van der Waals surface area contributed by atoms with Gasteiger partial charge >= 0.3 is 0 Å². The maximum Gasteiger partial charge on any atom is 0.273 e. The van der Waals surface area contributed by atoms with Crippen LogP contribution in [0.25, 0.3) is 0 Å². The van der Waals surface area contributed by atoms with Crippen LogP contribution >= 0.6 is 0 Å². The van der Waals surface area contributed by atoms with E-state index < -0.39 is 0 Å². The first-order valence-electron chi connectivity index (χ1n) is 8.76. The van der Waals surface area contributed by atoms with Crippen molar-refractivity contribution in [3.63, 3.8) is 0 Å². The molecule has 0 aromatic carbocycles. The first-order chi connectivity index (χ1) is 12.2. The van der Waals surface area contributed by atoms with Crippen molar-refractivity contribution in [1.82, 2.24) is 30.6 Å². The van der Waals surface area contributed by atoms with E-state index in [1.807, 2.05) is 19.1 Å². The number of pyridine rings is 1. The van der Waals surface area contributed by atoms with Crippen molar-refractivity contribution in [2.45, 2.75) is 26.3 Å². The van der Waals surface area contributed by atoms with Crippen LogP contribution in [0, 0.1) is 12.8 Å². The lowest BCUT2D eigenvalue weighted by molar-refractivity contribution is 0.0950. The number of rotatable bonds is 7. The monoisotopic (exact) mass is 343 g/mol. The quantitative estimate of drug-likeness (QED) is 0.644. The minimum Gasteiger partial charge on any atom is -0.368 e. The van der Waals surface area contributed by atoms with Crippen LogP contribution in [0.4, 0.5) is 5.82 Å². The highest BCUT2D eigenvalue weighted by Crippen LogP contribution is 2.12. The van der Waals surface area contributed by atoms with Gasteiger partial charge in [0.25, 0.3) is 5.91 Å². The summed E-state index contributed by atoms with van der Waals surface area (Å²) in [5, 5.41) is 17.5. The van der Waals surface area contributed by atoms with E-state index in [9.17, 15) is 4.79 Å². The second-order valence-electron chi connectivity index (χ2n) is 6.44. The summed E-state index contributed by atoms with van der Waals surface area (Å²) in [6, 6.07) is 3.91. The molecule has 1 aliphatic heterocycles. The summed E-state index contributed by atoms with van der Waals surface area (Å²) < 4.78 is 1.77.